The Morgan fingerprint density at radius 2 is 2.10 bits per heavy atom. The van der Waals surface area contributed by atoms with Crippen molar-refractivity contribution in [3.8, 4) is 0 Å². The minimum absolute atomic E-state index is 0.0795. The number of hydrogen-bond donors (Lipinski definition) is 1. The van der Waals surface area contributed by atoms with Crippen LogP contribution in [0, 0.1) is 12.8 Å². The van der Waals surface area contributed by atoms with E-state index in [4.69, 9.17) is 4.42 Å². The summed E-state index contributed by atoms with van der Waals surface area (Å²) in [6.45, 7) is 6.43. The van der Waals surface area contributed by atoms with Crippen molar-refractivity contribution in [1.82, 2.24) is 10.2 Å². The van der Waals surface area contributed by atoms with Gasteiger partial charge in [-0.2, -0.15) is 0 Å². The molecular weight excluding hydrogens is 270 g/mol. The fourth-order valence-electron chi connectivity index (χ4n) is 2.06. The van der Waals surface area contributed by atoms with E-state index in [-0.39, 0.29) is 6.04 Å². The third-order valence-electron chi connectivity index (χ3n) is 2.97. The number of aromatic nitrogens is 2. The predicted molar refractivity (Wildman–Crippen MR) is 80.1 cm³/mol. The summed E-state index contributed by atoms with van der Waals surface area (Å²) in [5.74, 6) is 2.06. The zero-order valence-electron chi connectivity index (χ0n) is 12.3. The molecule has 0 saturated heterocycles. The fraction of sp³-hybridized carbons (Fsp3) is 0.467. The Kier molecular flexibility index (Phi) is 5.20. The number of aryl methyl sites for hydroxylation is 1. The van der Waals surface area contributed by atoms with Gasteiger partial charge in [0.15, 0.2) is 6.04 Å². The van der Waals surface area contributed by atoms with Gasteiger partial charge in [0.05, 0.1) is 0 Å². The first-order chi connectivity index (χ1) is 9.54. The van der Waals surface area contributed by atoms with Gasteiger partial charge in [0, 0.05) is 12.2 Å². The summed E-state index contributed by atoms with van der Waals surface area (Å²) >= 11 is 1.57. The van der Waals surface area contributed by atoms with E-state index in [1.54, 1.807) is 11.8 Å². The van der Waals surface area contributed by atoms with Crippen molar-refractivity contribution in [3.05, 3.63) is 41.3 Å². The highest BCUT2D eigenvalue weighted by atomic mass is 32.2. The lowest BCUT2D eigenvalue weighted by Crippen LogP contribution is -2.54. The van der Waals surface area contributed by atoms with E-state index in [2.05, 4.69) is 61.0 Å². The maximum Gasteiger partial charge on any atom is 0.277 e. The zero-order valence-corrected chi connectivity index (χ0v) is 13.1. The van der Waals surface area contributed by atoms with Crippen molar-refractivity contribution in [1.29, 1.82) is 0 Å². The molecule has 0 spiro atoms. The molecule has 20 heavy (non-hydrogen) atoms. The first-order valence-corrected chi connectivity index (χ1v) is 7.88. The highest BCUT2D eigenvalue weighted by Gasteiger charge is 2.19. The van der Waals surface area contributed by atoms with Gasteiger partial charge >= 0.3 is 0 Å². The molecule has 1 heterocycles. The molecule has 108 valence electrons. The molecule has 5 heteroatoms. The average Bonchev–Trinajstić information content (AvgIpc) is 2.84. The smallest absolute Gasteiger partial charge is 0.277 e. The molecule has 2 aromatic rings. The van der Waals surface area contributed by atoms with Crippen LogP contribution in [-0.2, 0) is 5.75 Å². The molecule has 0 aliphatic rings. The summed E-state index contributed by atoms with van der Waals surface area (Å²) in [4.78, 5) is 0. The lowest BCUT2D eigenvalue weighted by molar-refractivity contribution is -0.435. The fourth-order valence-corrected chi connectivity index (χ4v) is 2.77. The van der Waals surface area contributed by atoms with Gasteiger partial charge in [-0.25, -0.2) is 0 Å². The average molecular weight is 292 g/mol. The Bertz CT molecular complexity index is 554. The van der Waals surface area contributed by atoms with E-state index >= 15 is 0 Å². The number of nitrogens with zero attached hydrogens (tertiary/aromatic N) is 2. The topological polar surface area (TPSA) is 66.6 Å². The van der Waals surface area contributed by atoms with Crippen molar-refractivity contribution in [2.75, 3.05) is 0 Å². The maximum absolute atomic E-state index is 5.68. The van der Waals surface area contributed by atoms with Crippen molar-refractivity contribution < 1.29 is 10.2 Å². The van der Waals surface area contributed by atoms with E-state index < -0.39 is 0 Å². The van der Waals surface area contributed by atoms with E-state index in [1.165, 1.54) is 11.1 Å². The molecular formula is C15H22N3OS+. The van der Waals surface area contributed by atoms with E-state index in [1.807, 2.05) is 0 Å². The van der Waals surface area contributed by atoms with Crippen LogP contribution in [-0.4, -0.2) is 10.2 Å². The van der Waals surface area contributed by atoms with Crippen LogP contribution < -0.4 is 5.73 Å². The van der Waals surface area contributed by atoms with Crippen LogP contribution in [0.2, 0.25) is 0 Å². The van der Waals surface area contributed by atoms with Gasteiger partial charge in [-0.05, 0) is 18.4 Å². The van der Waals surface area contributed by atoms with Gasteiger partial charge in [0.1, 0.15) is 0 Å². The largest absolute Gasteiger partial charge is 0.410 e. The van der Waals surface area contributed by atoms with Crippen LogP contribution in [0.1, 0.15) is 43.3 Å². The van der Waals surface area contributed by atoms with Crippen molar-refractivity contribution >= 4 is 11.8 Å². The van der Waals surface area contributed by atoms with Gasteiger partial charge in [0.25, 0.3) is 11.1 Å². The Labute approximate surface area is 124 Å². The monoisotopic (exact) mass is 292 g/mol. The summed E-state index contributed by atoms with van der Waals surface area (Å²) in [7, 11) is 0. The molecule has 3 N–H and O–H groups in total. The lowest BCUT2D eigenvalue weighted by atomic mass is 10.1. The second-order valence-electron chi connectivity index (χ2n) is 5.51. The van der Waals surface area contributed by atoms with Crippen molar-refractivity contribution in [2.24, 2.45) is 5.92 Å². The minimum Gasteiger partial charge on any atom is -0.410 e. The molecule has 1 aromatic carbocycles. The number of benzene rings is 1. The molecule has 1 atom stereocenters. The number of rotatable bonds is 6. The second kappa shape index (κ2) is 6.90. The first-order valence-electron chi connectivity index (χ1n) is 6.89. The Balaban J connectivity index is 1.93. The lowest BCUT2D eigenvalue weighted by Gasteiger charge is -2.05. The second-order valence-corrected chi connectivity index (χ2v) is 6.44. The van der Waals surface area contributed by atoms with Gasteiger partial charge < -0.3 is 10.2 Å². The Morgan fingerprint density at radius 3 is 2.80 bits per heavy atom. The third kappa shape index (κ3) is 4.35. The molecule has 0 amide bonds. The quantitative estimate of drug-likeness (QED) is 0.831. The summed E-state index contributed by atoms with van der Waals surface area (Å²) in [5, 5.41) is 8.81. The number of thioether (sulfide) groups is 1. The summed E-state index contributed by atoms with van der Waals surface area (Å²) in [6, 6.07) is 8.53. The van der Waals surface area contributed by atoms with Gasteiger partial charge in [-0.15, -0.1) is 10.2 Å². The molecule has 2 rings (SSSR count). The molecule has 0 aliphatic heterocycles. The SMILES string of the molecule is Cc1cccc(CSc2nnc([C@@H]([NH3+])CC(C)C)o2)c1. The van der Waals surface area contributed by atoms with Crippen LogP contribution in [0.5, 0.6) is 0 Å². The van der Waals surface area contributed by atoms with Gasteiger partial charge in [-0.3, -0.25) is 0 Å². The van der Waals surface area contributed by atoms with Crippen LogP contribution >= 0.6 is 11.8 Å². The molecule has 0 bridgehead atoms. The van der Waals surface area contributed by atoms with Crippen LogP contribution in [0.3, 0.4) is 0 Å². The summed E-state index contributed by atoms with van der Waals surface area (Å²) in [6.07, 6.45) is 0.962. The van der Waals surface area contributed by atoms with Crippen molar-refractivity contribution in [2.45, 2.75) is 44.2 Å². The van der Waals surface area contributed by atoms with E-state index in [9.17, 15) is 0 Å². The molecule has 0 aliphatic carbocycles. The molecule has 0 radical (unpaired) electrons. The van der Waals surface area contributed by atoms with E-state index in [0.29, 0.717) is 17.0 Å². The van der Waals surface area contributed by atoms with Crippen LogP contribution in [0.4, 0.5) is 0 Å². The van der Waals surface area contributed by atoms with Crippen molar-refractivity contribution in [3.63, 3.8) is 0 Å². The van der Waals surface area contributed by atoms with Gasteiger partial charge in [-0.1, -0.05) is 55.4 Å². The minimum atomic E-state index is 0.0795. The Hall–Kier alpha value is -1.33. The molecule has 0 saturated carbocycles. The van der Waals surface area contributed by atoms with Crippen LogP contribution in [0.25, 0.3) is 0 Å². The predicted octanol–water partition coefficient (Wildman–Crippen LogP) is 3.00. The van der Waals surface area contributed by atoms with Gasteiger partial charge in [0.2, 0.25) is 0 Å². The zero-order chi connectivity index (χ0) is 14.5. The third-order valence-corrected chi connectivity index (χ3v) is 3.86. The van der Waals surface area contributed by atoms with Crippen LogP contribution in [0.15, 0.2) is 33.9 Å². The molecule has 1 aromatic heterocycles. The summed E-state index contributed by atoms with van der Waals surface area (Å²) in [5.41, 5.74) is 6.62. The standard InChI is InChI=1S/C15H21N3OS/c1-10(2)7-13(16)14-17-18-15(19-14)20-9-12-6-4-5-11(3)8-12/h4-6,8,10,13H,7,9,16H2,1-3H3/p+1/t13-/m0/s1. The van der Waals surface area contributed by atoms with E-state index in [0.717, 1.165) is 12.2 Å². The molecule has 0 fully saturated rings. The highest BCUT2D eigenvalue weighted by Crippen LogP contribution is 2.24. The first kappa shape index (κ1) is 15.1. The highest BCUT2D eigenvalue weighted by molar-refractivity contribution is 7.98. The Morgan fingerprint density at radius 1 is 1.30 bits per heavy atom. The molecule has 4 nitrogen and oxygen atoms in total. The number of quaternary nitrogens is 1. The number of hydrogen-bond acceptors (Lipinski definition) is 4. The summed E-state index contributed by atoms with van der Waals surface area (Å²) < 4.78 is 5.68. The normalized spacial score (nSPS) is 12.8. The maximum atomic E-state index is 5.68. The molecule has 0 unspecified atom stereocenters.